The van der Waals surface area contributed by atoms with Crippen molar-refractivity contribution < 1.29 is 9.84 Å². The van der Waals surface area contributed by atoms with Crippen LogP contribution >= 0.6 is 0 Å². The minimum absolute atomic E-state index is 0.0264. The van der Waals surface area contributed by atoms with Crippen molar-refractivity contribution in [2.75, 3.05) is 31.2 Å². The molecule has 1 aliphatic heterocycles. The highest BCUT2D eigenvalue weighted by molar-refractivity contribution is 5.38. The first-order valence-electron chi connectivity index (χ1n) is 8.03. The number of aliphatic hydroxyl groups is 1. The lowest BCUT2D eigenvalue weighted by Gasteiger charge is -2.33. The van der Waals surface area contributed by atoms with Gasteiger partial charge in [-0.2, -0.15) is 4.98 Å². The highest BCUT2D eigenvalue weighted by Gasteiger charge is 2.22. The molecule has 1 saturated heterocycles. The van der Waals surface area contributed by atoms with Gasteiger partial charge in [-0.1, -0.05) is 0 Å². The van der Waals surface area contributed by atoms with Crippen LogP contribution < -0.4 is 9.64 Å². The van der Waals surface area contributed by atoms with Crippen LogP contribution in [0.3, 0.4) is 0 Å². The molecule has 7 nitrogen and oxygen atoms in total. The Morgan fingerprint density at radius 1 is 1.39 bits per heavy atom. The van der Waals surface area contributed by atoms with Crippen molar-refractivity contribution in [1.29, 1.82) is 0 Å². The van der Waals surface area contributed by atoms with Crippen LogP contribution in [0.25, 0.3) is 0 Å². The molecule has 1 aliphatic rings. The van der Waals surface area contributed by atoms with E-state index in [1.54, 1.807) is 12.4 Å². The number of hydrogen-bond donors (Lipinski definition) is 1. The summed E-state index contributed by atoms with van der Waals surface area (Å²) in [6.45, 7) is 2.14. The van der Waals surface area contributed by atoms with E-state index in [0.29, 0.717) is 11.8 Å². The monoisotopic (exact) mass is 317 g/mol. The molecule has 0 saturated carbocycles. The van der Waals surface area contributed by atoms with E-state index < -0.39 is 0 Å². The van der Waals surface area contributed by atoms with E-state index in [1.807, 2.05) is 19.4 Å². The highest BCUT2D eigenvalue weighted by Crippen LogP contribution is 2.24. The molecule has 1 fully saturated rings. The predicted molar refractivity (Wildman–Crippen MR) is 86.5 cm³/mol. The lowest BCUT2D eigenvalue weighted by atomic mass is 9.94. The van der Waals surface area contributed by atoms with Crippen molar-refractivity contribution in [3.8, 4) is 5.88 Å². The summed E-state index contributed by atoms with van der Waals surface area (Å²) in [5, 5.41) is 8.83. The lowest BCUT2D eigenvalue weighted by Crippen LogP contribution is -2.37. The fraction of sp³-hybridized carbons (Fsp3) is 0.562. The summed E-state index contributed by atoms with van der Waals surface area (Å²) in [5.41, 5.74) is 0. The molecule has 0 aromatic carbocycles. The Hall–Kier alpha value is -2.15. The fourth-order valence-corrected chi connectivity index (χ4v) is 3.00. The van der Waals surface area contributed by atoms with Gasteiger partial charge in [0.15, 0.2) is 5.82 Å². The quantitative estimate of drug-likeness (QED) is 0.858. The van der Waals surface area contributed by atoms with Crippen molar-refractivity contribution in [3.63, 3.8) is 0 Å². The minimum Gasteiger partial charge on any atom is -0.474 e. The number of aliphatic hydroxyl groups excluding tert-OH is 1. The van der Waals surface area contributed by atoms with E-state index in [9.17, 15) is 0 Å². The summed E-state index contributed by atoms with van der Waals surface area (Å²) in [4.78, 5) is 15.4. The van der Waals surface area contributed by atoms with Gasteiger partial charge < -0.3 is 19.3 Å². The first-order valence-corrected chi connectivity index (χ1v) is 8.03. The minimum atomic E-state index is -0.0264. The molecule has 7 heteroatoms. The van der Waals surface area contributed by atoms with Gasteiger partial charge in [0.05, 0.1) is 19.0 Å². The van der Waals surface area contributed by atoms with E-state index in [-0.39, 0.29) is 13.2 Å². The average Bonchev–Trinajstić information content (AvgIpc) is 2.98. The van der Waals surface area contributed by atoms with Crippen LogP contribution in [0.5, 0.6) is 5.88 Å². The van der Waals surface area contributed by atoms with Gasteiger partial charge in [0.1, 0.15) is 12.4 Å². The molecule has 2 aromatic rings. The molecule has 1 unspecified atom stereocenters. The van der Waals surface area contributed by atoms with Crippen LogP contribution in [0.15, 0.2) is 24.8 Å². The Morgan fingerprint density at radius 3 is 3.09 bits per heavy atom. The third-order valence-corrected chi connectivity index (χ3v) is 4.18. The Labute approximate surface area is 136 Å². The van der Waals surface area contributed by atoms with Crippen LogP contribution in [0, 0.1) is 5.92 Å². The molecule has 23 heavy (non-hydrogen) atoms. The van der Waals surface area contributed by atoms with Crippen LogP contribution in [0.2, 0.25) is 0 Å². The zero-order chi connectivity index (χ0) is 16.1. The first kappa shape index (κ1) is 15.7. The molecule has 1 atom stereocenters. The van der Waals surface area contributed by atoms with Gasteiger partial charge in [0, 0.05) is 39.0 Å². The third kappa shape index (κ3) is 3.98. The number of hydrogen-bond acceptors (Lipinski definition) is 6. The molecule has 2 aromatic heterocycles. The summed E-state index contributed by atoms with van der Waals surface area (Å²) in [6.07, 6.45) is 10.5. The summed E-state index contributed by atoms with van der Waals surface area (Å²) in [6, 6.07) is 0. The van der Waals surface area contributed by atoms with Gasteiger partial charge in [-0.15, -0.1) is 0 Å². The van der Waals surface area contributed by atoms with Crippen molar-refractivity contribution in [2.24, 2.45) is 13.0 Å². The second kappa shape index (κ2) is 7.41. The molecule has 124 valence electrons. The van der Waals surface area contributed by atoms with Gasteiger partial charge in [0.25, 0.3) is 0 Å². The Bertz CT molecular complexity index is 630. The summed E-state index contributed by atoms with van der Waals surface area (Å²) >= 11 is 0. The SMILES string of the molecule is Cn1ccnc1CC1CCCN(c2cncc(OCCO)n2)C1. The number of piperidine rings is 1. The van der Waals surface area contributed by atoms with E-state index in [2.05, 4.69) is 24.4 Å². The number of aromatic nitrogens is 4. The predicted octanol–water partition coefficient (Wildman–Crippen LogP) is 1.04. The maximum absolute atomic E-state index is 8.83. The zero-order valence-electron chi connectivity index (χ0n) is 13.4. The molecule has 0 amide bonds. The normalized spacial score (nSPS) is 18.2. The van der Waals surface area contributed by atoms with Crippen molar-refractivity contribution >= 4 is 5.82 Å². The largest absolute Gasteiger partial charge is 0.474 e. The molecule has 1 N–H and O–H groups in total. The highest BCUT2D eigenvalue weighted by atomic mass is 16.5. The standard InChI is InChI=1S/C16H23N5O2/c1-20-6-4-18-14(20)9-13-3-2-5-21(12-13)15-10-17-11-16(19-15)23-8-7-22/h4,6,10-11,13,22H,2-3,5,7-9,12H2,1H3. The maximum Gasteiger partial charge on any atom is 0.234 e. The average molecular weight is 317 g/mol. The van der Waals surface area contributed by atoms with Crippen LogP contribution in [0.4, 0.5) is 5.82 Å². The molecule has 3 heterocycles. The van der Waals surface area contributed by atoms with Crippen molar-refractivity contribution in [2.45, 2.75) is 19.3 Å². The number of rotatable bonds is 6. The second-order valence-corrected chi connectivity index (χ2v) is 5.90. The number of ether oxygens (including phenoxy) is 1. The summed E-state index contributed by atoms with van der Waals surface area (Å²) in [7, 11) is 2.04. The summed E-state index contributed by atoms with van der Waals surface area (Å²) < 4.78 is 7.44. The number of anilines is 1. The number of imidazole rings is 1. The van der Waals surface area contributed by atoms with Crippen LogP contribution in [-0.4, -0.2) is 50.9 Å². The van der Waals surface area contributed by atoms with Crippen LogP contribution in [-0.2, 0) is 13.5 Å². The fourth-order valence-electron chi connectivity index (χ4n) is 3.00. The Morgan fingerprint density at radius 2 is 2.30 bits per heavy atom. The zero-order valence-corrected chi connectivity index (χ0v) is 13.4. The van der Waals surface area contributed by atoms with Gasteiger partial charge >= 0.3 is 0 Å². The first-order chi connectivity index (χ1) is 11.3. The molecular weight excluding hydrogens is 294 g/mol. The molecular formula is C16H23N5O2. The van der Waals surface area contributed by atoms with Gasteiger partial charge in [0.2, 0.25) is 5.88 Å². The molecule has 0 spiro atoms. The Kier molecular flexibility index (Phi) is 5.07. The number of aryl methyl sites for hydroxylation is 1. The smallest absolute Gasteiger partial charge is 0.234 e. The summed E-state index contributed by atoms with van der Waals surface area (Å²) in [5.74, 6) is 2.99. The molecule has 0 aliphatic carbocycles. The van der Waals surface area contributed by atoms with Gasteiger partial charge in [-0.25, -0.2) is 4.98 Å². The maximum atomic E-state index is 8.83. The molecule has 0 bridgehead atoms. The third-order valence-electron chi connectivity index (χ3n) is 4.18. The van der Waals surface area contributed by atoms with Crippen molar-refractivity contribution in [3.05, 3.63) is 30.6 Å². The van der Waals surface area contributed by atoms with E-state index in [0.717, 1.165) is 37.6 Å². The topological polar surface area (TPSA) is 76.3 Å². The molecule has 0 radical (unpaired) electrons. The Balaban J connectivity index is 1.65. The molecule has 3 rings (SSSR count). The lowest BCUT2D eigenvalue weighted by molar-refractivity contribution is 0.196. The second-order valence-electron chi connectivity index (χ2n) is 5.90. The van der Waals surface area contributed by atoms with Gasteiger partial charge in [-0.3, -0.25) is 4.98 Å². The van der Waals surface area contributed by atoms with E-state index in [1.165, 1.54) is 6.42 Å². The van der Waals surface area contributed by atoms with Crippen LogP contribution in [0.1, 0.15) is 18.7 Å². The van der Waals surface area contributed by atoms with E-state index >= 15 is 0 Å². The number of nitrogens with zero attached hydrogens (tertiary/aromatic N) is 5. The van der Waals surface area contributed by atoms with E-state index in [4.69, 9.17) is 9.84 Å². The van der Waals surface area contributed by atoms with Gasteiger partial charge in [-0.05, 0) is 18.8 Å². The van der Waals surface area contributed by atoms with Crippen molar-refractivity contribution in [1.82, 2.24) is 19.5 Å².